The van der Waals surface area contributed by atoms with E-state index in [1.807, 2.05) is 53.7 Å². The van der Waals surface area contributed by atoms with Crippen molar-refractivity contribution in [3.05, 3.63) is 30.1 Å². The number of amides is 2. The number of aryl methyl sites for hydroxylation is 1. The minimum Gasteiger partial charge on any atom is -0.450 e. The molecule has 1 aromatic carbocycles. The van der Waals surface area contributed by atoms with Gasteiger partial charge in [0, 0.05) is 28.6 Å². The molecule has 0 aliphatic carbocycles. The number of ether oxygens (including phenoxy) is 1. The maximum Gasteiger partial charge on any atom is 0.407 e. The maximum absolute atomic E-state index is 12.1. The lowest BCUT2D eigenvalue weighted by Crippen LogP contribution is -2.41. The first-order chi connectivity index (χ1) is 14.4. The van der Waals surface area contributed by atoms with Crippen LogP contribution in [0.2, 0.25) is 0 Å². The Labute approximate surface area is 183 Å². The second-order valence-corrected chi connectivity index (χ2v) is 9.39. The smallest absolute Gasteiger partial charge is 0.407 e. The van der Waals surface area contributed by atoms with E-state index in [-0.39, 0.29) is 11.4 Å². The monoisotopic (exact) mass is 428 g/mol. The Kier molecular flexibility index (Phi) is 8.01. The van der Waals surface area contributed by atoms with Crippen LogP contribution in [0.1, 0.15) is 60.2 Å². The molecule has 0 saturated carbocycles. The molecule has 31 heavy (non-hydrogen) atoms. The molecule has 0 bridgehead atoms. The molecule has 0 saturated heterocycles. The Bertz CT molecular complexity index is 868. The van der Waals surface area contributed by atoms with Crippen molar-refractivity contribution < 1.29 is 14.3 Å². The lowest BCUT2D eigenvalue weighted by Gasteiger charge is -2.19. The second kappa shape index (κ2) is 10.3. The first-order valence-corrected chi connectivity index (χ1v) is 10.4. The molecule has 2 rings (SSSR count). The first-order valence-electron chi connectivity index (χ1n) is 10.4. The van der Waals surface area contributed by atoms with E-state index in [1.54, 1.807) is 12.1 Å². The molecule has 1 heterocycles. The van der Waals surface area contributed by atoms with Crippen molar-refractivity contribution in [2.75, 3.05) is 11.9 Å². The number of benzene rings is 1. The zero-order chi connectivity index (χ0) is 23.1. The zero-order valence-electron chi connectivity index (χ0n) is 19.2. The second-order valence-electron chi connectivity index (χ2n) is 9.39. The topological polar surface area (TPSA) is 119 Å². The molecule has 0 spiro atoms. The number of nitrogens with one attached hydrogen (secondary N) is 2. The van der Waals surface area contributed by atoms with E-state index < -0.39 is 11.5 Å². The third-order valence-corrected chi connectivity index (χ3v) is 4.11. The van der Waals surface area contributed by atoms with Crippen LogP contribution in [-0.4, -0.2) is 44.5 Å². The summed E-state index contributed by atoms with van der Waals surface area (Å²) in [6, 6.07) is 7.23. The van der Waals surface area contributed by atoms with Gasteiger partial charge in [-0.05, 0) is 57.9 Å². The van der Waals surface area contributed by atoms with Gasteiger partial charge in [-0.3, -0.25) is 4.79 Å². The van der Waals surface area contributed by atoms with Crippen LogP contribution >= 0.6 is 0 Å². The quantitative estimate of drug-likeness (QED) is 0.644. The van der Waals surface area contributed by atoms with E-state index in [4.69, 9.17) is 4.74 Å². The number of hydrogen-bond donors (Lipinski definition) is 2. The van der Waals surface area contributed by atoms with Crippen LogP contribution in [0.25, 0.3) is 11.4 Å². The number of unbranched alkanes of at least 4 members (excludes halogenated alkanes) is 1. The van der Waals surface area contributed by atoms with Gasteiger partial charge in [0.1, 0.15) is 0 Å². The zero-order valence-corrected chi connectivity index (χ0v) is 19.2. The van der Waals surface area contributed by atoms with E-state index in [2.05, 4.69) is 31.0 Å². The summed E-state index contributed by atoms with van der Waals surface area (Å²) in [6.07, 6.45) is 1.64. The molecule has 9 heteroatoms. The highest BCUT2D eigenvalue weighted by Gasteiger charge is 2.21. The van der Waals surface area contributed by atoms with Gasteiger partial charge < -0.3 is 15.4 Å². The summed E-state index contributed by atoms with van der Waals surface area (Å²) in [5, 5.41) is 22.1. The van der Waals surface area contributed by atoms with Gasteiger partial charge in [0.2, 0.25) is 11.7 Å². The molecule has 2 amide bonds. The van der Waals surface area contributed by atoms with E-state index in [0.717, 1.165) is 12.0 Å². The minimum atomic E-state index is -0.462. The maximum atomic E-state index is 12.1. The fourth-order valence-corrected chi connectivity index (χ4v) is 2.38. The molecule has 2 aromatic rings. The van der Waals surface area contributed by atoms with E-state index in [0.29, 0.717) is 36.8 Å². The van der Waals surface area contributed by atoms with Gasteiger partial charge >= 0.3 is 6.09 Å². The predicted octanol–water partition coefficient (Wildman–Crippen LogP) is 3.77. The number of rotatable bonds is 7. The van der Waals surface area contributed by atoms with Crippen LogP contribution in [0.4, 0.5) is 10.5 Å². The molecule has 0 atom stereocenters. The fourth-order valence-electron chi connectivity index (χ4n) is 2.38. The van der Waals surface area contributed by atoms with Crippen LogP contribution in [0.5, 0.6) is 0 Å². The van der Waals surface area contributed by atoms with E-state index in [1.165, 1.54) is 0 Å². The number of carbonyl (C=O) groups is 2. The van der Waals surface area contributed by atoms with Crippen molar-refractivity contribution in [2.45, 2.75) is 66.3 Å². The highest BCUT2D eigenvalue weighted by Crippen LogP contribution is 2.20. The Hall–Kier alpha value is -3.10. The summed E-state index contributed by atoms with van der Waals surface area (Å²) in [5.74, 6) is 0.904. The molecule has 0 aliphatic rings. The van der Waals surface area contributed by atoms with Gasteiger partial charge in [-0.25, -0.2) is 4.79 Å². The standard InChI is InChI=1S/C22H32N6O3/c1-21(2,3)19(29)23-16-12-10-15(11-13-16)18-27-25-17(26-28-18)9-7-8-14-31-20(30)24-22(4,5)6/h10-13H,7-9,14H2,1-6H3,(H,23,29)(H,24,30). The van der Waals surface area contributed by atoms with Crippen LogP contribution in [-0.2, 0) is 16.0 Å². The fraction of sp³-hybridized carbons (Fsp3) is 0.545. The molecule has 9 nitrogen and oxygen atoms in total. The van der Waals surface area contributed by atoms with Crippen molar-refractivity contribution in [3.8, 4) is 11.4 Å². The van der Waals surface area contributed by atoms with Crippen LogP contribution in [0.3, 0.4) is 0 Å². The lowest BCUT2D eigenvalue weighted by atomic mass is 9.95. The number of carbonyl (C=O) groups excluding carboxylic acids is 2. The van der Waals surface area contributed by atoms with Crippen molar-refractivity contribution in [3.63, 3.8) is 0 Å². The minimum absolute atomic E-state index is 0.0515. The van der Waals surface area contributed by atoms with Crippen LogP contribution in [0, 0.1) is 5.41 Å². The molecular formula is C22H32N6O3. The summed E-state index contributed by atoms with van der Waals surface area (Å²) in [7, 11) is 0. The number of nitrogens with zero attached hydrogens (tertiary/aromatic N) is 4. The molecule has 168 valence electrons. The molecular weight excluding hydrogens is 396 g/mol. The Morgan fingerprint density at radius 2 is 1.52 bits per heavy atom. The van der Waals surface area contributed by atoms with Gasteiger partial charge in [-0.15, -0.1) is 20.4 Å². The lowest BCUT2D eigenvalue weighted by molar-refractivity contribution is -0.123. The third-order valence-electron chi connectivity index (χ3n) is 4.11. The first kappa shape index (κ1) is 24.2. The van der Waals surface area contributed by atoms with Crippen molar-refractivity contribution >= 4 is 17.7 Å². The summed E-state index contributed by atoms with van der Waals surface area (Å²) in [4.78, 5) is 23.6. The van der Waals surface area contributed by atoms with Gasteiger partial charge in [0.25, 0.3) is 0 Å². The summed E-state index contributed by atoms with van der Waals surface area (Å²) in [6.45, 7) is 11.6. The van der Waals surface area contributed by atoms with Gasteiger partial charge in [-0.2, -0.15) is 0 Å². The third kappa shape index (κ3) is 8.65. The van der Waals surface area contributed by atoms with Crippen LogP contribution < -0.4 is 10.6 Å². The van der Waals surface area contributed by atoms with Crippen molar-refractivity contribution in [1.82, 2.24) is 25.7 Å². The molecule has 0 radical (unpaired) electrons. The Morgan fingerprint density at radius 3 is 2.06 bits per heavy atom. The highest BCUT2D eigenvalue weighted by molar-refractivity contribution is 5.94. The molecule has 0 unspecified atom stereocenters. The Morgan fingerprint density at radius 1 is 0.903 bits per heavy atom. The predicted molar refractivity (Wildman–Crippen MR) is 118 cm³/mol. The van der Waals surface area contributed by atoms with Crippen molar-refractivity contribution in [1.29, 1.82) is 0 Å². The van der Waals surface area contributed by atoms with Gasteiger partial charge in [0.15, 0.2) is 5.82 Å². The number of alkyl carbamates (subject to hydrolysis) is 1. The SMILES string of the molecule is CC(C)(C)NC(=O)OCCCCc1nnc(-c2ccc(NC(=O)C(C)(C)C)cc2)nn1. The number of anilines is 1. The van der Waals surface area contributed by atoms with E-state index >= 15 is 0 Å². The Balaban J connectivity index is 1.79. The molecule has 0 fully saturated rings. The van der Waals surface area contributed by atoms with Crippen LogP contribution in [0.15, 0.2) is 24.3 Å². The summed E-state index contributed by atoms with van der Waals surface area (Å²) >= 11 is 0. The normalized spacial score (nSPS) is 11.7. The molecule has 2 N–H and O–H groups in total. The summed E-state index contributed by atoms with van der Waals surface area (Å²) in [5.41, 5.74) is 0.694. The highest BCUT2D eigenvalue weighted by atomic mass is 16.5. The summed E-state index contributed by atoms with van der Waals surface area (Å²) < 4.78 is 5.14. The average Bonchev–Trinajstić information content (AvgIpc) is 2.67. The molecule has 1 aromatic heterocycles. The van der Waals surface area contributed by atoms with Gasteiger partial charge in [-0.1, -0.05) is 20.8 Å². The number of hydrogen-bond acceptors (Lipinski definition) is 7. The number of aromatic nitrogens is 4. The molecule has 0 aliphatic heterocycles. The van der Waals surface area contributed by atoms with Crippen molar-refractivity contribution in [2.24, 2.45) is 5.41 Å². The average molecular weight is 429 g/mol. The largest absolute Gasteiger partial charge is 0.450 e. The van der Waals surface area contributed by atoms with E-state index in [9.17, 15) is 9.59 Å². The van der Waals surface area contributed by atoms with Gasteiger partial charge in [0.05, 0.1) is 6.61 Å².